The number of aryl methyl sites for hydroxylation is 1. The van der Waals surface area contributed by atoms with Crippen molar-refractivity contribution >= 4 is 5.78 Å². The molecule has 1 aromatic carbocycles. The molecule has 3 atom stereocenters. The van der Waals surface area contributed by atoms with Gasteiger partial charge in [-0.3, -0.25) is 4.79 Å². The van der Waals surface area contributed by atoms with Crippen LogP contribution in [0.25, 0.3) is 0 Å². The van der Waals surface area contributed by atoms with Crippen molar-refractivity contribution in [2.45, 2.75) is 52.9 Å². The second-order valence-corrected chi connectivity index (χ2v) is 7.55. The fourth-order valence-electron chi connectivity index (χ4n) is 4.78. The quantitative estimate of drug-likeness (QED) is 0.778. The van der Waals surface area contributed by atoms with Crippen LogP contribution in [0.3, 0.4) is 0 Å². The van der Waals surface area contributed by atoms with E-state index >= 15 is 0 Å². The molecule has 0 unspecified atom stereocenters. The molecule has 2 bridgehead atoms. The van der Waals surface area contributed by atoms with Crippen molar-refractivity contribution in [3.63, 3.8) is 0 Å². The lowest BCUT2D eigenvalue weighted by atomic mass is 9.70. The fourth-order valence-corrected chi connectivity index (χ4v) is 4.78. The predicted molar refractivity (Wildman–Crippen MR) is 82.5 cm³/mol. The van der Waals surface area contributed by atoms with Crippen molar-refractivity contribution in [2.75, 3.05) is 0 Å². The van der Waals surface area contributed by atoms with Crippen LogP contribution in [-0.2, 0) is 11.2 Å². The smallest absolute Gasteiger partial charge is 0.142 e. The monoisotopic (exact) mass is 270 g/mol. The molecular weight excluding hydrogens is 244 g/mol. The summed E-state index contributed by atoms with van der Waals surface area (Å²) < 4.78 is 0. The van der Waals surface area contributed by atoms with Crippen molar-refractivity contribution in [3.8, 4) is 0 Å². The Morgan fingerprint density at radius 2 is 1.85 bits per heavy atom. The topological polar surface area (TPSA) is 17.1 Å². The molecule has 0 aliphatic heterocycles. The Balaban J connectivity index is 1.64. The first-order valence-electron chi connectivity index (χ1n) is 8.05. The second-order valence-electron chi connectivity index (χ2n) is 7.55. The third-order valence-electron chi connectivity index (χ3n) is 6.49. The van der Waals surface area contributed by atoms with Crippen LogP contribution in [0, 0.1) is 22.7 Å². The van der Waals surface area contributed by atoms with Gasteiger partial charge in [-0.1, -0.05) is 51.1 Å². The van der Waals surface area contributed by atoms with Gasteiger partial charge in [-0.05, 0) is 49.0 Å². The van der Waals surface area contributed by atoms with E-state index in [2.05, 4.69) is 51.1 Å². The van der Waals surface area contributed by atoms with Crippen LogP contribution in [0.2, 0.25) is 0 Å². The van der Waals surface area contributed by atoms with E-state index < -0.39 is 0 Å². The third kappa shape index (κ3) is 1.86. The summed E-state index contributed by atoms with van der Waals surface area (Å²) in [6, 6.07) is 10.6. The van der Waals surface area contributed by atoms with Crippen LogP contribution in [0.15, 0.2) is 30.3 Å². The van der Waals surface area contributed by atoms with E-state index in [1.165, 1.54) is 12.0 Å². The maximum absolute atomic E-state index is 12.7. The highest BCUT2D eigenvalue weighted by Gasteiger charge is 2.65. The third-order valence-corrected chi connectivity index (χ3v) is 6.49. The SMILES string of the molecule is CC1(C)[C@H]2CC[C@]1(C)C(=O)[C@H]2CCCc1ccccc1. The van der Waals surface area contributed by atoms with Crippen LogP contribution < -0.4 is 0 Å². The Morgan fingerprint density at radius 1 is 1.15 bits per heavy atom. The van der Waals surface area contributed by atoms with Gasteiger partial charge in [0.25, 0.3) is 0 Å². The molecule has 1 nitrogen and oxygen atoms in total. The maximum Gasteiger partial charge on any atom is 0.142 e. The van der Waals surface area contributed by atoms with E-state index in [1.54, 1.807) is 0 Å². The minimum absolute atomic E-state index is 0.0465. The summed E-state index contributed by atoms with van der Waals surface area (Å²) in [5.41, 5.74) is 1.56. The summed E-state index contributed by atoms with van der Waals surface area (Å²) in [5, 5.41) is 0. The number of carbonyl (C=O) groups is 1. The maximum atomic E-state index is 12.7. The van der Waals surface area contributed by atoms with E-state index in [1.807, 2.05) is 0 Å². The van der Waals surface area contributed by atoms with Crippen molar-refractivity contribution in [2.24, 2.45) is 22.7 Å². The number of hydrogen-bond acceptors (Lipinski definition) is 1. The molecule has 108 valence electrons. The molecule has 0 amide bonds. The van der Waals surface area contributed by atoms with Gasteiger partial charge in [0.15, 0.2) is 0 Å². The molecular formula is C19H26O. The Kier molecular flexibility index (Phi) is 3.27. The highest BCUT2D eigenvalue weighted by atomic mass is 16.1. The lowest BCUT2D eigenvalue weighted by Crippen LogP contribution is -2.33. The molecule has 1 aromatic rings. The first kappa shape index (κ1) is 13.9. The number of fused-ring (bicyclic) bond motifs is 2. The Labute approximate surface area is 122 Å². The van der Waals surface area contributed by atoms with Gasteiger partial charge >= 0.3 is 0 Å². The molecule has 0 aromatic heterocycles. The van der Waals surface area contributed by atoms with E-state index in [4.69, 9.17) is 0 Å². The van der Waals surface area contributed by atoms with Crippen molar-refractivity contribution in [3.05, 3.63) is 35.9 Å². The van der Waals surface area contributed by atoms with Crippen molar-refractivity contribution in [1.29, 1.82) is 0 Å². The summed E-state index contributed by atoms with van der Waals surface area (Å²) in [5.74, 6) is 1.51. The molecule has 0 heterocycles. The zero-order valence-electron chi connectivity index (χ0n) is 13.0. The van der Waals surface area contributed by atoms with Crippen LogP contribution in [0.5, 0.6) is 0 Å². The summed E-state index contributed by atoms with van der Waals surface area (Å²) in [6.07, 6.45) is 5.69. The summed E-state index contributed by atoms with van der Waals surface area (Å²) in [7, 11) is 0. The van der Waals surface area contributed by atoms with Crippen LogP contribution >= 0.6 is 0 Å². The molecule has 0 N–H and O–H groups in total. The number of Topliss-reactive ketones (excluding diaryl/α,β-unsaturated/α-hetero) is 1. The molecule has 1 heteroatoms. The van der Waals surface area contributed by atoms with Gasteiger partial charge in [0, 0.05) is 11.3 Å². The second kappa shape index (κ2) is 4.72. The van der Waals surface area contributed by atoms with Crippen LogP contribution in [-0.4, -0.2) is 5.78 Å². The van der Waals surface area contributed by atoms with Crippen molar-refractivity contribution < 1.29 is 4.79 Å². The Bertz CT molecular complexity index is 502. The van der Waals surface area contributed by atoms with E-state index in [0.29, 0.717) is 17.6 Å². The van der Waals surface area contributed by atoms with Crippen LogP contribution in [0.1, 0.15) is 52.0 Å². The molecule has 20 heavy (non-hydrogen) atoms. The van der Waals surface area contributed by atoms with Gasteiger partial charge < -0.3 is 0 Å². The molecule has 3 rings (SSSR count). The lowest BCUT2D eigenvalue weighted by molar-refractivity contribution is -0.131. The molecule has 0 saturated heterocycles. The molecule has 2 aliphatic carbocycles. The van der Waals surface area contributed by atoms with Gasteiger partial charge in [0.1, 0.15) is 5.78 Å². The predicted octanol–water partition coefficient (Wildman–Crippen LogP) is 4.65. The zero-order valence-corrected chi connectivity index (χ0v) is 13.0. The van der Waals surface area contributed by atoms with Crippen LogP contribution in [0.4, 0.5) is 0 Å². The minimum atomic E-state index is -0.0465. The first-order valence-corrected chi connectivity index (χ1v) is 8.05. The number of ketones is 1. The molecule has 0 spiro atoms. The Hall–Kier alpha value is -1.11. The molecule has 2 saturated carbocycles. The number of benzene rings is 1. The van der Waals surface area contributed by atoms with Gasteiger partial charge in [-0.2, -0.15) is 0 Å². The Morgan fingerprint density at radius 3 is 2.45 bits per heavy atom. The highest BCUT2D eigenvalue weighted by molar-refractivity contribution is 5.91. The lowest BCUT2D eigenvalue weighted by Gasteiger charge is -2.32. The number of hydrogen-bond donors (Lipinski definition) is 0. The number of carbonyl (C=O) groups excluding carboxylic acids is 1. The largest absolute Gasteiger partial charge is 0.299 e. The molecule has 2 aliphatic rings. The van der Waals surface area contributed by atoms with E-state index in [0.717, 1.165) is 25.7 Å². The summed E-state index contributed by atoms with van der Waals surface area (Å²) in [4.78, 5) is 12.7. The first-order chi connectivity index (χ1) is 9.47. The van der Waals surface area contributed by atoms with E-state index in [-0.39, 0.29) is 10.8 Å². The van der Waals surface area contributed by atoms with Gasteiger partial charge in [0.2, 0.25) is 0 Å². The standard InChI is InChI=1S/C19H26O/c1-18(2)16-12-13-19(18,3)17(20)15(16)11-7-10-14-8-5-4-6-9-14/h4-6,8-9,15-16H,7,10-13H2,1-3H3/t15-,16-,19+/m0/s1. The van der Waals surface area contributed by atoms with Gasteiger partial charge in [-0.15, -0.1) is 0 Å². The van der Waals surface area contributed by atoms with Crippen molar-refractivity contribution in [1.82, 2.24) is 0 Å². The average Bonchev–Trinajstić information content (AvgIpc) is 2.74. The van der Waals surface area contributed by atoms with Gasteiger partial charge in [0.05, 0.1) is 0 Å². The molecule has 2 fully saturated rings. The fraction of sp³-hybridized carbons (Fsp3) is 0.632. The zero-order chi connectivity index (χ0) is 14.4. The van der Waals surface area contributed by atoms with E-state index in [9.17, 15) is 4.79 Å². The van der Waals surface area contributed by atoms with Gasteiger partial charge in [-0.25, -0.2) is 0 Å². The minimum Gasteiger partial charge on any atom is -0.299 e. The summed E-state index contributed by atoms with van der Waals surface area (Å²) in [6.45, 7) is 6.85. The number of rotatable bonds is 4. The summed E-state index contributed by atoms with van der Waals surface area (Å²) >= 11 is 0. The molecule has 0 radical (unpaired) electrons. The normalized spacial score (nSPS) is 34.6. The highest BCUT2D eigenvalue weighted by Crippen LogP contribution is 2.66. The average molecular weight is 270 g/mol.